The lowest BCUT2D eigenvalue weighted by molar-refractivity contribution is 0.0940. The number of nitrogens with one attached hydrogen (secondary N) is 1. The van der Waals surface area contributed by atoms with Gasteiger partial charge in [-0.15, -0.1) is 0 Å². The van der Waals surface area contributed by atoms with Crippen LogP contribution < -0.4 is 10.2 Å². The van der Waals surface area contributed by atoms with Crippen LogP contribution in [0.1, 0.15) is 41.4 Å². The summed E-state index contributed by atoms with van der Waals surface area (Å²) in [5.74, 6) is 2.89. The van der Waals surface area contributed by atoms with Crippen LogP contribution in [-0.2, 0) is 6.42 Å². The van der Waals surface area contributed by atoms with Gasteiger partial charge in [0.25, 0.3) is 5.91 Å². The zero-order valence-corrected chi connectivity index (χ0v) is 16.6. The van der Waals surface area contributed by atoms with Gasteiger partial charge < -0.3 is 10.2 Å². The van der Waals surface area contributed by atoms with Gasteiger partial charge in [-0.25, -0.2) is 0 Å². The van der Waals surface area contributed by atoms with Crippen LogP contribution in [-0.4, -0.2) is 17.4 Å². The molecular formula is C25H23N3O. The van der Waals surface area contributed by atoms with Crippen molar-refractivity contribution in [2.24, 2.45) is 0 Å². The number of hydrogen-bond donors (Lipinski definition) is 1. The van der Waals surface area contributed by atoms with Crippen molar-refractivity contribution in [2.75, 3.05) is 11.4 Å². The first-order valence-corrected chi connectivity index (χ1v) is 9.81. The second-order valence-electron chi connectivity index (χ2n) is 7.11. The average Bonchev–Trinajstić information content (AvgIpc) is 3.16. The summed E-state index contributed by atoms with van der Waals surface area (Å²) in [6.07, 6.45) is 2.77. The van der Waals surface area contributed by atoms with E-state index in [0.29, 0.717) is 5.56 Å². The molecule has 4 heteroatoms. The fourth-order valence-electron chi connectivity index (χ4n) is 3.76. The lowest BCUT2D eigenvalue weighted by atomic mass is 9.98. The van der Waals surface area contributed by atoms with Gasteiger partial charge in [0, 0.05) is 35.5 Å². The zero-order chi connectivity index (χ0) is 20.2. The normalized spacial score (nSPS) is 13.2. The number of aromatic nitrogens is 1. The quantitative estimate of drug-likeness (QED) is 0.673. The number of amides is 1. The van der Waals surface area contributed by atoms with E-state index in [1.807, 2.05) is 56.3 Å². The molecule has 1 aliphatic heterocycles. The Balaban J connectivity index is 1.62. The first-order chi connectivity index (χ1) is 14.2. The smallest absolute Gasteiger partial charge is 0.251 e. The maximum atomic E-state index is 12.6. The van der Waals surface area contributed by atoms with Crippen LogP contribution in [0.25, 0.3) is 11.3 Å². The Bertz CT molecular complexity index is 1100. The number of fused-ring (bicyclic) bond motifs is 1. The van der Waals surface area contributed by atoms with Gasteiger partial charge in [0.2, 0.25) is 0 Å². The van der Waals surface area contributed by atoms with Crippen LogP contribution in [0.5, 0.6) is 0 Å². The van der Waals surface area contributed by atoms with Gasteiger partial charge >= 0.3 is 0 Å². The third kappa shape index (κ3) is 3.86. The SMILES string of the molecule is CC#CN1CCc2cc(-c3ncccc3C(C)NC(=O)c3ccccc3)ccc21. The summed E-state index contributed by atoms with van der Waals surface area (Å²) in [4.78, 5) is 19.3. The highest BCUT2D eigenvalue weighted by atomic mass is 16.1. The molecule has 3 aromatic rings. The van der Waals surface area contributed by atoms with Crippen LogP contribution in [0.4, 0.5) is 5.69 Å². The van der Waals surface area contributed by atoms with Crippen molar-refractivity contribution in [1.82, 2.24) is 10.3 Å². The largest absolute Gasteiger partial charge is 0.345 e. The number of carbonyl (C=O) groups excluding carboxylic acids is 1. The number of benzene rings is 2. The van der Waals surface area contributed by atoms with E-state index >= 15 is 0 Å². The molecule has 0 radical (unpaired) electrons. The van der Waals surface area contributed by atoms with Crippen molar-refractivity contribution < 1.29 is 4.79 Å². The molecule has 1 amide bonds. The standard InChI is InChI=1S/C25H23N3O/c1-3-15-28-16-13-20-17-21(11-12-23(20)28)24-22(10-7-14-26-24)18(2)27-25(29)19-8-5-4-6-9-19/h4-12,14,17-18H,13,16H2,1-2H3,(H,27,29). The predicted molar refractivity (Wildman–Crippen MR) is 116 cm³/mol. The summed E-state index contributed by atoms with van der Waals surface area (Å²) in [7, 11) is 0. The second kappa shape index (κ2) is 8.20. The summed E-state index contributed by atoms with van der Waals surface area (Å²) in [5, 5.41) is 3.09. The molecule has 1 unspecified atom stereocenters. The van der Waals surface area contributed by atoms with E-state index in [1.54, 1.807) is 6.20 Å². The van der Waals surface area contributed by atoms with Gasteiger partial charge in [-0.1, -0.05) is 36.3 Å². The molecule has 2 aromatic carbocycles. The minimum Gasteiger partial charge on any atom is -0.345 e. The average molecular weight is 381 g/mol. The number of carbonyl (C=O) groups is 1. The molecule has 0 saturated carbocycles. The molecular weight excluding hydrogens is 358 g/mol. The lowest BCUT2D eigenvalue weighted by Crippen LogP contribution is -2.27. The van der Waals surface area contributed by atoms with E-state index in [9.17, 15) is 4.79 Å². The highest BCUT2D eigenvalue weighted by molar-refractivity contribution is 5.94. The molecule has 0 aliphatic carbocycles. The first-order valence-electron chi connectivity index (χ1n) is 9.81. The van der Waals surface area contributed by atoms with Crippen molar-refractivity contribution >= 4 is 11.6 Å². The minimum absolute atomic E-state index is 0.0874. The van der Waals surface area contributed by atoms with E-state index in [4.69, 9.17) is 0 Å². The number of hydrogen-bond acceptors (Lipinski definition) is 3. The van der Waals surface area contributed by atoms with Crippen molar-refractivity contribution in [2.45, 2.75) is 26.3 Å². The molecule has 4 rings (SSSR count). The molecule has 4 nitrogen and oxygen atoms in total. The third-order valence-corrected chi connectivity index (χ3v) is 5.18. The Hall–Kier alpha value is -3.58. The van der Waals surface area contributed by atoms with Crippen molar-refractivity contribution in [3.8, 4) is 23.2 Å². The molecule has 1 atom stereocenters. The highest BCUT2D eigenvalue weighted by Crippen LogP contribution is 2.33. The monoisotopic (exact) mass is 381 g/mol. The summed E-state index contributed by atoms with van der Waals surface area (Å²) in [5.41, 5.74) is 6.07. The van der Waals surface area contributed by atoms with E-state index in [-0.39, 0.29) is 11.9 Å². The zero-order valence-electron chi connectivity index (χ0n) is 16.6. The number of rotatable bonds is 4. The molecule has 29 heavy (non-hydrogen) atoms. The van der Waals surface area contributed by atoms with Gasteiger partial charge in [-0.05, 0) is 56.2 Å². The third-order valence-electron chi connectivity index (χ3n) is 5.18. The maximum Gasteiger partial charge on any atom is 0.251 e. The fraction of sp³-hybridized carbons (Fsp3) is 0.200. The Labute approximate surface area is 171 Å². The summed E-state index contributed by atoms with van der Waals surface area (Å²) in [6.45, 7) is 4.77. The molecule has 0 saturated heterocycles. The maximum absolute atomic E-state index is 12.6. The second-order valence-corrected chi connectivity index (χ2v) is 7.11. The summed E-state index contributed by atoms with van der Waals surface area (Å²) >= 11 is 0. The van der Waals surface area contributed by atoms with Crippen LogP contribution >= 0.6 is 0 Å². The fourth-order valence-corrected chi connectivity index (χ4v) is 3.76. The Kier molecular flexibility index (Phi) is 5.31. The van der Waals surface area contributed by atoms with Gasteiger partial charge in [0.1, 0.15) is 0 Å². The van der Waals surface area contributed by atoms with E-state index < -0.39 is 0 Å². The van der Waals surface area contributed by atoms with Crippen LogP contribution in [0.2, 0.25) is 0 Å². The number of anilines is 1. The molecule has 2 heterocycles. The molecule has 1 aromatic heterocycles. The number of pyridine rings is 1. The molecule has 144 valence electrons. The highest BCUT2D eigenvalue weighted by Gasteiger charge is 2.21. The lowest BCUT2D eigenvalue weighted by Gasteiger charge is -2.18. The van der Waals surface area contributed by atoms with E-state index in [1.165, 1.54) is 11.3 Å². The minimum atomic E-state index is -0.165. The Morgan fingerprint density at radius 3 is 2.76 bits per heavy atom. The molecule has 0 bridgehead atoms. The molecule has 0 spiro atoms. The van der Waals surface area contributed by atoms with Crippen molar-refractivity contribution in [3.05, 3.63) is 83.6 Å². The number of nitrogens with zero attached hydrogens (tertiary/aromatic N) is 2. The predicted octanol–water partition coefficient (Wildman–Crippen LogP) is 4.58. The van der Waals surface area contributed by atoms with Gasteiger partial charge in [0.05, 0.1) is 17.4 Å². The summed E-state index contributed by atoms with van der Waals surface area (Å²) < 4.78 is 0. The first kappa shape index (κ1) is 18.8. The van der Waals surface area contributed by atoms with Gasteiger partial charge in [-0.3, -0.25) is 9.78 Å². The van der Waals surface area contributed by atoms with Gasteiger partial charge in [-0.2, -0.15) is 0 Å². The van der Waals surface area contributed by atoms with E-state index in [2.05, 4.69) is 45.4 Å². The van der Waals surface area contributed by atoms with E-state index in [0.717, 1.165) is 29.8 Å². The van der Waals surface area contributed by atoms with Crippen molar-refractivity contribution in [1.29, 1.82) is 0 Å². The topological polar surface area (TPSA) is 45.2 Å². The van der Waals surface area contributed by atoms with Crippen LogP contribution in [0.3, 0.4) is 0 Å². The summed E-state index contributed by atoms with van der Waals surface area (Å²) in [6, 6.07) is 22.6. The van der Waals surface area contributed by atoms with Crippen LogP contribution in [0.15, 0.2) is 66.9 Å². The molecule has 1 N–H and O–H groups in total. The van der Waals surface area contributed by atoms with Crippen LogP contribution in [0, 0.1) is 12.0 Å². The molecule has 0 fully saturated rings. The van der Waals surface area contributed by atoms with Gasteiger partial charge in [0.15, 0.2) is 0 Å². The molecule has 1 aliphatic rings. The Morgan fingerprint density at radius 2 is 1.97 bits per heavy atom. The van der Waals surface area contributed by atoms with Crippen molar-refractivity contribution in [3.63, 3.8) is 0 Å². The Morgan fingerprint density at radius 1 is 1.14 bits per heavy atom.